The van der Waals surface area contributed by atoms with Gasteiger partial charge in [-0.15, -0.1) is 0 Å². The van der Waals surface area contributed by atoms with Crippen molar-refractivity contribution in [2.24, 2.45) is 0 Å². The topological polar surface area (TPSA) is 56.7 Å². The number of nitrogens with two attached hydrogens (primary N) is 1. The average molecular weight is 465 g/mol. The molecule has 2 heterocycles. The highest BCUT2D eigenvalue weighted by Crippen LogP contribution is 2.41. The van der Waals surface area contributed by atoms with E-state index in [0.29, 0.717) is 22.9 Å². The second-order valence-corrected chi connectivity index (χ2v) is 6.59. The van der Waals surface area contributed by atoms with Crippen LogP contribution < -0.4 is 5.73 Å². The van der Waals surface area contributed by atoms with Gasteiger partial charge in [0.15, 0.2) is 5.69 Å². The van der Waals surface area contributed by atoms with E-state index in [0.717, 1.165) is 6.07 Å². The summed E-state index contributed by atoms with van der Waals surface area (Å²) < 4.78 is 106. The Balaban J connectivity index is 2.31. The second-order valence-electron chi connectivity index (χ2n) is 5.71. The molecule has 3 aromatic rings. The lowest BCUT2D eigenvalue weighted by Crippen LogP contribution is -2.15. The third-order valence-electron chi connectivity index (χ3n) is 3.75. The Hall–Kier alpha value is -2.34. The van der Waals surface area contributed by atoms with Crippen LogP contribution in [0.2, 0.25) is 5.02 Å². The minimum atomic E-state index is -5.21. The van der Waals surface area contributed by atoms with Crippen LogP contribution in [0.1, 0.15) is 17.0 Å². The van der Waals surface area contributed by atoms with Crippen LogP contribution in [0.5, 0.6) is 0 Å². The minimum absolute atomic E-state index is 0.305. The monoisotopic (exact) mass is 464 g/mol. The van der Waals surface area contributed by atoms with Crippen molar-refractivity contribution in [1.29, 1.82) is 0 Å². The first kappa shape index (κ1) is 21.4. The molecule has 2 N–H and O–H groups in total. The smallest absolute Gasteiger partial charge is 0.383 e. The van der Waals surface area contributed by atoms with E-state index in [-0.39, 0.29) is 5.69 Å². The molecular weight excluding hydrogens is 459 g/mol. The van der Waals surface area contributed by atoms with E-state index >= 15 is 0 Å². The Bertz CT molecular complexity index is 1100. The normalized spacial score (nSPS) is 13.3. The number of alkyl halides is 9. The molecule has 156 valence electrons. The van der Waals surface area contributed by atoms with Gasteiger partial charge in [0.05, 0.1) is 27.2 Å². The Morgan fingerprint density at radius 3 is 2.03 bits per heavy atom. The van der Waals surface area contributed by atoms with Crippen LogP contribution in [0.15, 0.2) is 24.3 Å². The van der Waals surface area contributed by atoms with Crippen molar-refractivity contribution in [3.63, 3.8) is 0 Å². The van der Waals surface area contributed by atoms with Gasteiger partial charge in [0.2, 0.25) is 0 Å². The summed E-state index contributed by atoms with van der Waals surface area (Å²) in [6.45, 7) is 0. The van der Waals surface area contributed by atoms with Gasteiger partial charge in [0, 0.05) is 0 Å². The molecule has 0 fully saturated rings. The maximum atomic E-state index is 13.3. The molecule has 0 amide bonds. The van der Waals surface area contributed by atoms with Gasteiger partial charge in [0.25, 0.3) is 0 Å². The highest BCUT2D eigenvalue weighted by atomic mass is 35.5. The predicted molar refractivity (Wildman–Crippen MR) is 88.0 cm³/mol. The van der Waals surface area contributed by atoms with Crippen molar-refractivity contribution in [3.05, 3.63) is 46.2 Å². The molecule has 29 heavy (non-hydrogen) atoms. The molecule has 0 saturated heterocycles. The molecule has 2 aromatic heterocycles. The van der Waals surface area contributed by atoms with Gasteiger partial charge in [-0.3, -0.25) is 0 Å². The summed E-state index contributed by atoms with van der Waals surface area (Å²) in [5.74, 6) is -0.717. The van der Waals surface area contributed by atoms with E-state index in [1.807, 2.05) is 0 Å². The number of aromatic nitrogens is 3. The molecule has 0 spiro atoms. The first-order valence-electron chi connectivity index (χ1n) is 7.31. The largest absolute Gasteiger partial charge is 0.434 e. The molecule has 0 aliphatic heterocycles. The van der Waals surface area contributed by atoms with E-state index < -0.39 is 56.4 Å². The number of fused-ring (bicyclic) bond motifs is 1. The first-order chi connectivity index (χ1) is 13.1. The molecule has 0 radical (unpaired) electrons. The summed E-state index contributed by atoms with van der Waals surface area (Å²) in [6.07, 6.45) is -9.93. The van der Waals surface area contributed by atoms with E-state index in [2.05, 4.69) is 10.1 Å². The van der Waals surface area contributed by atoms with Crippen LogP contribution in [0.4, 0.5) is 40.9 Å². The van der Waals surface area contributed by atoms with Crippen LogP contribution in [-0.2, 0) is 17.7 Å². The molecular formula is C15H6Cl2F8N4. The van der Waals surface area contributed by atoms with Crippen molar-refractivity contribution in [2.75, 3.05) is 5.73 Å². The summed E-state index contributed by atoms with van der Waals surface area (Å²) in [6, 6.07) is 2.44. The number of hydrogen-bond donors (Lipinski definition) is 1. The first-order valence-corrected chi connectivity index (χ1v) is 8.07. The number of benzene rings is 1. The summed E-state index contributed by atoms with van der Waals surface area (Å²) in [7, 11) is 0. The van der Waals surface area contributed by atoms with E-state index in [4.69, 9.17) is 28.9 Å². The van der Waals surface area contributed by atoms with Crippen LogP contribution in [0.3, 0.4) is 0 Å². The molecule has 0 saturated carbocycles. The third kappa shape index (κ3) is 3.90. The number of hydrogen-bond acceptors (Lipinski definition) is 3. The lowest BCUT2D eigenvalue weighted by molar-refractivity contribution is -0.140. The van der Waals surface area contributed by atoms with Crippen LogP contribution >= 0.6 is 23.2 Å². The van der Waals surface area contributed by atoms with Crippen LogP contribution in [0.25, 0.3) is 16.6 Å². The molecule has 0 aliphatic carbocycles. The molecule has 1 aromatic carbocycles. The number of halogens is 10. The molecule has 3 rings (SSSR count). The number of rotatable bonds is 2. The third-order valence-corrected chi connectivity index (χ3v) is 4.25. The summed E-state index contributed by atoms with van der Waals surface area (Å²) >= 11 is 10.6. The zero-order chi connectivity index (χ0) is 21.9. The lowest BCUT2D eigenvalue weighted by atomic mass is 10.2. The second kappa shape index (κ2) is 6.59. The maximum Gasteiger partial charge on any atom is 0.434 e. The number of pyridine rings is 1. The van der Waals surface area contributed by atoms with Gasteiger partial charge in [-0.1, -0.05) is 11.6 Å². The summed E-state index contributed by atoms with van der Waals surface area (Å²) in [5, 5.41) is -1.93. The Morgan fingerprint density at radius 2 is 1.55 bits per heavy atom. The SMILES string of the molecule is Nc1c2c(C(F)(F)F)nc(C(F)(F)Cl)cc2nn1-c1ccc(C(F)(F)F)cc1Cl. The van der Waals surface area contributed by atoms with Gasteiger partial charge in [-0.05, 0) is 35.9 Å². The minimum Gasteiger partial charge on any atom is -0.383 e. The van der Waals surface area contributed by atoms with Crippen molar-refractivity contribution in [3.8, 4) is 5.69 Å². The number of nitrogen functional groups attached to an aromatic ring is 1. The average Bonchev–Trinajstić information content (AvgIpc) is 2.88. The van der Waals surface area contributed by atoms with Gasteiger partial charge < -0.3 is 5.73 Å². The molecule has 14 heteroatoms. The molecule has 4 nitrogen and oxygen atoms in total. The van der Waals surface area contributed by atoms with Gasteiger partial charge in [-0.2, -0.15) is 40.2 Å². The van der Waals surface area contributed by atoms with Crippen LogP contribution in [-0.4, -0.2) is 14.8 Å². The zero-order valence-electron chi connectivity index (χ0n) is 13.5. The van der Waals surface area contributed by atoms with Gasteiger partial charge in [0.1, 0.15) is 11.5 Å². The fourth-order valence-electron chi connectivity index (χ4n) is 2.52. The number of anilines is 1. The zero-order valence-corrected chi connectivity index (χ0v) is 15.0. The van der Waals surface area contributed by atoms with Crippen LogP contribution in [0, 0.1) is 0 Å². The molecule has 0 atom stereocenters. The fourth-order valence-corrected chi connectivity index (χ4v) is 2.88. The van der Waals surface area contributed by atoms with Crippen molar-refractivity contribution in [1.82, 2.24) is 14.8 Å². The highest BCUT2D eigenvalue weighted by molar-refractivity contribution is 6.32. The quantitative estimate of drug-likeness (QED) is 0.374. The summed E-state index contributed by atoms with van der Waals surface area (Å²) in [4.78, 5) is 2.86. The highest BCUT2D eigenvalue weighted by Gasteiger charge is 2.41. The van der Waals surface area contributed by atoms with E-state index in [9.17, 15) is 35.1 Å². The van der Waals surface area contributed by atoms with Gasteiger partial charge >= 0.3 is 17.7 Å². The Morgan fingerprint density at radius 1 is 0.931 bits per heavy atom. The Kier molecular flexibility index (Phi) is 4.86. The number of nitrogens with zero attached hydrogens (tertiary/aromatic N) is 3. The van der Waals surface area contributed by atoms with E-state index in [1.54, 1.807) is 0 Å². The van der Waals surface area contributed by atoms with Crippen molar-refractivity contribution in [2.45, 2.75) is 17.7 Å². The fraction of sp³-hybridized carbons (Fsp3) is 0.200. The van der Waals surface area contributed by atoms with Crippen molar-refractivity contribution < 1.29 is 35.1 Å². The van der Waals surface area contributed by atoms with Crippen molar-refractivity contribution >= 4 is 39.9 Å². The molecule has 0 aliphatic rings. The lowest BCUT2D eigenvalue weighted by Gasteiger charge is -2.12. The molecule has 0 bridgehead atoms. The van der Waals surface area contributed by atoms with E-state index in [1.165, 1.54) is 0 Å². The van der Waals surface area contributed by atoms with Gasteiger partial charge in [-0.25, -0.2) is 9.67 Å². The predicted octanol–water partition coefficient (Wildman–Crippen LogP) is 5.98. The Labute approximate surface area is 165 Å². The summed E-state index contributed by atoms with van der Waals surface area (Å²) in [5.41, 5.74) is 0.387. The maximum absolute atomic E-state index is 13.3. The molecule has 0 unspecified atom stereocenters. The standard InChI is InChI=1S/C15H6Cl2F8N4/c16-6-3-5(14(20,21)22)1-2-8(6)29-12(26)10-7(28-29)4-9(13(17,18)19)27-11(10)15(23,24)25/h1-4H,26H2.